The molecule has 0 amide bonds. The SMILES string of the molecule is CC/C=C\C/C=C\C/C=C\C/C=C\C/C=C\C/C=C\CCC(=O)OC(COC(=O)CCCCCC/C=C\C/C=C\C/C=C\C/C=C\CC)COP(=O)(O)OCC(CO)OC(=O)CCCCCCCCC/C=C\C/C=C\CCCCC. The lowest BCUT2D eigenvalue weighted by atomic mass is 10.1. The first-order valence-electron chi connectivity index (χ1n) is 30.7. The summed E-state index contributed by atoms with van der Waals surface area (Å²) in [6.07, 6.45) is 78.1. The quantitative estimate of drug-likeness (QED) is 0.0197. The summed E-state index contributed by atoms with van der Waals surface area (Å²) in [5.74, 6) is -1.62. The van der Waals surface area contributed by atoms with Crippen LogP contribution in [0.5, 0.6) is 0 Å². The summed E-state index contributed by atoms with van der Waals surface area (Å²) in [7, 11) is -4.79. The molecule has 3 atom stereocenters. The average molecular weight is 1130 g/mol. The van der Waals surface area contributed by atoms with Crippen molar-refractivity contribution in [2.45, 2.75) is 238 Å². The van der Waals surface area contributed by atoms with Gasteiger partial charge in [0.2, 0.25) is 0 Å². The number of aliphatic hydroxyl groups excluding tert-OH is 1. The van der Waals surface area contributed by atoms with Gasteiger partial charge in [0, 0.05) is 19.3 Å². The van der Waals surface area contributed by atoms with Gasteiger partial charge in [-0.2, -0.15) is 0 Å². The molecule has 0 bridgehead atoms. The highest BCUT2D eigenvalue weighted by molar-refractivity contribution is 7.47. The lowest BCUT2D eigenvalue weighted by Crippen LogP contribution is -2.30. The molecule has 11 nitrogen and oxygen atoms in total. The van der Waals surface area contributed by atoms with E-state index in [0.29, 0.717) is 25.7 Å². The summed E-state index contributed by atoms with van der Waals surface area (Å²) in [5.41, 5.74) is 0. The van der Waals surface area contributed by atoms with Crippen LogP contribution in [-0.4, -0.2) is 66.5 Å². The second-order valence-electron chi connectivity index (χ2n) is 19.7. The van der Waals surface area contributed by atoms with Gasteiger partial charge in [0.15, 0.2) is 6.10 Å². The van der Waals surface area contributed by atoms with Crippen LogP contribution in [0.25, 0.3) is 0 Å². The monoisotopic (exact) mass is 1130 g/mol. The first kappa shape index (κ1) is 75.4. The maximum Gasteiger partial charge on any atom is 0.472 e. The van der Waals surface area contributed by atoms with E-state index in [4.69, 9.17) is 23.3 Å². The fourth-order valence-electron chi connectivity index (χ4n) is 7.64. The fourth-order valence-corrected chi connectivity index (χ4v) is 8.42. The van der Waals surface area contributed by atoms with E-state index in [1.54, 1.807) is 0 Å². The van der Waals surface area contributed by atoms with Crippen molar-refractivity contribution in [3.63, 3.8) is 0 Å². The molecule has 0 heterocycles. The van der Waals surface area contributed by atoms with Crippen molar-refractivity contribution in [2.24, 2.45) is 0 Å². The molecule has 0 aromatic heterocycles. The summed E-state index contributed by atoms with van der Waals surface area (Å²) >= 11 is 0. The molecule has 0 aliphatic rings. The Morgan fingerprint density at radius 1 is 0.362 bits per heavy atom. The molecule has 0 rings (SSSR count). The molecule has 0 saturated carbocycles. The topological polar surface area (TPSA) is 155 Å². The number of phosphoric acid groups is 1. The zero-order valence-corrected chi connectivity index (χ0v) is 50.9. The largest absolute Gasteiger partial charge is 0.472 e. The van der Waals surface area contributed by atoms with E-state index < -0.39 is 57.8 Å². The third-order valence-corrected chi connectivity index (χ3v) is 13.2. The Labute approximate surface area is 486 Å². The normalized spacial score (nSPS) is 14.3. The minimum atomic E-state index is -4.79. The minimum Gasteiger partial charge on any atom is -0.462 e. The molecule has 3 unspecified atom stereocenters. The van der Waals surface area contributed by atoms with Crippen LogP contribution in [0.15, 0.2) is 146 Å². The van der Waals surface area contributed by atoms with Gasteiger partial charge in [-0.3, -0.25) is 23.4 Å². The number of unbranched alkanes of at least 4 members (excludes halogenated alkanes) is 14. The van der Waals surface area contributed by atoms with E-state index in [9.17, 15) is 28.9 Å². The van der Waals surface area contributed by atoms with Crippen molar-refractivity contribution in [1.29, 1.82) is 0 Å². The van der Waals surface area contributed by atoms with Gasteiger partial charge in [-0.1, -0.05) is 224 Å². The highest BCUT2D eigenvalue weighted by Gasteiger charge is 2.28. The van der Waals surface area contributed by atoms with Gasteiger partial charge in [0.1, 0.15) is 12.7 Å². The smallest absolute Gasteiger partial charge is 0.462 e. The highest BCUT2D eigenvalue weighted by atomic mass is 31.2. The molecule has 0 aromatic rings. The maximum absolute atomic E-state index is 12.9. The number of phosphoric ester groups is 1. The summed E-state index contributed by atoms with van der Waals surface area (Å²) in [4.78, 5) is 48.7. The molecule has 0 saturated heterocycles. The number of hydrogen-bond donors (Lipinski definition) is 2. The first-order valence-corrected chi connectivity index (χ1v) is 32.2. The van der Waals surface area contributed by atoms with Crippen LogP contribution in [0.3, 0.4) is 0 Å². The lowest BCUT2D eigenvalue weighted by Gasteiger charge is -2.21. The maximum atomic E-state index is 12.9. The highest BCUT2D eigenvalue weighted by Crippen LogP contribution is 2.43. The summed E-state index contributed by atoms with van der Waals surface area (Å²) in [6.45, 7) is 4.26. The van der Waals surface area contributed by atoms with Crippen LogP contribution >= 0.6 is 7.82 Å². The fraction of sp³-hybridized carbons (Fsp3) is 0.603. The van der Waals surface area contributed by atoms with Crippen LogP contribution in [0.4, 0.5) is 0 Å². The molecular formula is C68H109O11P. The average Bonchev–Trinajstić information content (AvgIpc) is 3.45. The number of ether oxygens (including phenoxy) is 3. The Hall–Kier alpha value is -4.64. The molecule has 12 heteroatoms. The summed E-state index contributed by atoms with van der Waals surface area (Å²) in [5, 5.41) is 9.84. The summed E-state index contributed by atoms with van der Waals surface area (Å²) < 4.78 is 39.5. The van der Waals surface area contributed by atoms with E-state index in [2.05, 4.69) is 154 Å². The zero-order valence-electron chi connectivity index (χ0n) is 50.0. The number of carbonyl (C=O) groups excluding carboxylic acids is 3. The molecule has 0 aromatic carbocycles. The van der Waals surface area contributed by atoms with E-state index >= 15 is 0 Å². The number of rotatable bonds is 55. The lowest BCUT2D eigenvalue weighted by molar-refractivity contribution is -0.161. The predicted molar refractivity (Wildman–Crippen MR) is 334 cm³/mol. The van der Waals surface area contributed by atoms with E-state index in [1.165, 1.54) is 38.5 Å². The molecule has 2 N–H and O–H groups in total. The van der Waals surface area contributed by atoms with Crippen LogP contribution < -0.4 is 0 Å². The van der Waals surface area contributed by atoms with Crippen molar-refractivity contribution >= 4 is 25.7 Å². The van der Waals surface area contributed by atoms with Crippen molar-refractivity contribution in [1.82, 2.24) is 0 Å². The van der Waals surface area contributed by atoms with Crippen LogP contribution in [0, 0.1) is 0 Å². The van der Waals surface area contributed by atoms with E-state index in [1.807, 2.05) is 12.2 Å². The van der Waals surface area contributed by atoms with Crippen LogP contribution in [0.2, 0.25) is 0 Å². The molecule has 0 aliphatic heterocycles. The van der Waals surface area contributed by atoms with Gasteiger partial charge in [-0.15, -0.1) is 0 Å². The predicted octanol–water partition coefficient (Wildman–Crippen LogP) is 18.7. The Morgan fingerprint density at radius 3 is 1.07 bits per heavy atom. The minimum absolute atomic E-state index is 0.0281. The number of esters is 3. The third-order valence-electron chi connectivity index (χ3n) is 12.2. The number of allylic oxidation sites excluding steroid dienone is 24. The van der Waals surface area contributed by atoms with Gasteiger partial charge < -0.3 is 24.2 Å². The number of hydrogen-bond acceptors (Lipinski definition) is 10. The van der Waals surface area contributed by atoms with Gasteiger partial charge in [-0.25, -0.2) is 4.57 Å². The standard InChI is InChI=1S/C68H109O11P/c1-4-7-10-13-16-19-22-25-28-31-32-35-38-41-44-47-50-53-56-59-68(72)79-65(61-75-66(70)57-54-51-48-45-42-39-36-33-29-26-23-20-17-14-11-8-5-2)63-77-80(73,74)76-62-64(60-69)78-67(71)58-55-52-49-46-43-40-37-34-30-27-24-21-18-15-12-9-6-3/h7-8,10-11,16-21,25-30,32,35-36,39,41,44,50,53,64-65,69H,4-6,9,12-15,22-24,31,33-34,37-38,40,42-43,45-49,51-52,54-63H2,1-3H3,(H,73,74)/b10-7-,11-8-,19-16-,20-17-,21-18-,28-25-,29-26-,30-27-,35-32-,39-36-,44-41-,53-50-. The second-order valence-corrected chi connectivity index (χ2v) is 21.2. The Morgan fingerprint density at radius 2 is 0.675 bits per heavy atom. The van der Waals surface area contributed by atoms with Gasteiger partial charge in [0.05, 0.1) is 19.8 Å². The van der Waals surface area contributed by atoms with Crippen LogP contribution in [0.1, 0.15) is 226 Å². The van der Waals surface area contributed by atoms with Crippen molar-refractivity contribution in [3.05, 3.63) is 146 Å². The van der Waals surface area contributed by atoms with Crippen molar-refractivity contribution in [3.8, 4) is 0 Å². The van der Waals surface area contributed by atoms with Gasteiger partial charge in [-0.05, 0) is 128 Å². The second kappa shape index (κ2) is 60.5. The molecule has 0 radical (unpaired) electrons. The molecular weight excluding hydrogens is 1020 g/mol. The molecule has 0 fully saturated rings. The van der Waals surface area contributed by atoms with Crippen LogP contribution in [-0.2, 0) is 42.2 Å². The van der Waals surface area contributed by atoms with E-state index in [-0.39, 0.29) is 25.9 Å². The Bertz CT molecular complexity index is 1900. The molecule has 0 spiro atoms. The molecule has 0 aliphatic carbocycles. The molecule has 452 valence electrons. The van der Waals surface area contributed by atoms with Crippen molar-refractivity contribution < 1.29 is 52.2 Å². The van der Waals surface area contributed by atoms with E-state index in [0.717, 1.165) is 122 Å². The van der Waals surface area contributed by atoms with Gasteiger partial charge >= 0.3 is 25.7 Å². The molecule has 80 heavy (non-hydrogen) atoms. The first-order chi connectivity index (χ1) is 39.2. The third kappa shape index (κ3) is 58.0. The van der Waals surface area contributed by atoms with Gasteiger partial charge in [0.25, 0.3) is 0 Å². The summed E-state index contributed by atoms with van der Waals surface area (Å²) in [6, 6.07) is 0. The Balaban J connectivity index is 4.88. The number of carbonyl (C=O) groups is 3. The zero-order chi connectivity index (χ0) is 58.3. The Kier molecular flexibility index (Phi) is 56.9. The van der Waals surface area contributed by atoms with Crippen molar-refractivity contribution in [2.75, 3.05) is 26.4 Å². The number of aliphatic hydroxyl groups is 1.